The van der Waals surface area contributed by atoms with Crippen LogP contribution in [0.25, 0.3) is 10.8 Å². The molecule has 21 heavy (non-hydrogen) atoms. The van der Waals surface area contributed by atoms with Gasteiger partial charge >= 0.3 is 0 Å². The highest BCUT2D eigenvalue weighted by atomic mass is 16.6. The minimum atomic E-state index is -0.833. The summed E-state index contributed by atoms with van der Waals surface area (Å²) in [5.41, 5.74) is 6.17. The van der Waals surface area contributed by atoms with Crippen molar-refractivity contribution in [3.8, 4) is 0 Å². The number of aryl methyl sites for hydroxylation is 3. The fourth-order valence-corrected chi connectivity index (χ4v) is 4.42. The molecule has 1 fully saturated rings. The lowest BCUT2D eigenvalue weighted by Crippen LogP contribution is -2.29. The highest BCUT2D eigenvalue weighted by Gasteiger charge is 2.54. The van der Waals surface area contributed by atoms with E-state index in [4.69, 9.17) is 4.74 Å². The van der Waals surface area contributed by atoms with Crippen molar-refractivity contribution in [2.24, 2.45) is 0 Å². The lowest BCUT2D eigenvalue weighted by Gasteiger charge is -2.25. The van der Waals surface area contributed by atoms with Gasteiger partial charge in [-0.05, 0) is 64.8 Å². The lowest BCUT2D eigenvalue weighted by atomic mass is 9.82. The molecule has 0 unspecified atom stereocenters. The number of aliphatic hydroxyl groups is 2. The number of ether oxygens (including phenoxy) is 1. The Morgan fingerprint density at radius 3 is 2.90 bits per heavy atom. The van der Waals surface area contributed by atoms with E-state index in [-0.39, 0.29) is 12.2 Å². The molecular weight excluding hydrogens is 264 g/mol. The Morgan fingerprint density at radius 1 is 1.19 bits per heavy atom. The Balaban J connectivity index is 1.88. The summed E-state index contributed by atoms with van der Waals surface area (Å²) in [5, 5.41) is 23.0. The molecule has 108 valence electrons. The zero-order valence-corrected chi connectivity index (χ0v) is 12.0. The topological polar surface area (TPSA) is 53.0 Å². The van der Waals surface area contributed by atoms with E-state index in [0.29, 0.717) is 0 Å². The molecule has 3 heteroatoms. The second-order valence-corrected chi connectivity index (χ2v) is 6.63. The van der Waals surface area contributed by atoms with Gasteiger partial charge in [-0.25, -0.2) is 0 Å². The number of fused-ring (bicyclic) bond motifs is 7. The molecule has 0 aromatic heterocycles. The molecule has 3 aliphatic rings. The predicted molar refractivity (Wildman–Crippen MR) is 79.3 cm³/mol. The van der Waals surface area contributed by atoms with Crippen LogP contribution in [0.5, 0.6) is 0 Å². The third-order valence-electron chi connectivity index (χ3n) is 5.44. The molecule has 1 saturated heterocycles. The maximum Gasteiger partial charge on any atom is 0.118 e. The molecule has 1 aliphatic heterocycles. The monoisotopic (exact) mass is 282 g/mol. The van der Waals surface area contributed by atoms with Crippen LogP contribution in [0, 0.1) is 6.92 Å². The molecule has 5 rings (SSSR count). The van der Waals surface area contributed by atoms with Gasteiger partial charge in [-0.15, -0.1) is 0 Å². The van der Waals surface area contributed by atoms with Crippen molar-refractivity contribution in [1.82, 2.24) is 0 Å². The number of benzene rings is 2. The quantitative estimate of drug-likeness (QED) is 0.730. The van der Waals surface area contributed by atoms with Crippen LogP contribution in [-0.2, 0) is 17.6 Å². The number of epoxide rings is 1. The van der Waals surface area contributed by atoms with Gasteiger partial charge in [-0.1, -0.05) is 18.2 Å². The SMILES string of the molecule is Cc1cc2c(c3ccc4c(c13)[C@H]1O[C@H]1[C@@H](O)[C@@H]4O)CCC2. The summed E-state index contributed by atoms with van der Waals surface area (Å²) in [6, 6.07) is 6.42. The molecule has 0 amide bonds. The minimum absolute atomic E-state index is 0.0414. The van der Waals surface area contributed by atoms with Crippen molar-refractivity contribution in [3.63, 3.8) is 0 Å². The molecule has 0 saturated carbocycles. The van der Waals surface area contributed by atoms with Crippen LogP contribution in [-0.4, -0.2) is 22.4 Å². The Bertz CT molecular complexity index is 780. The largest absolute Gasteiger partial charge is 0.387 e. The van der Waals surface area contributed by atoms with Crippen LogP contribution in [0.4, 0.5) is 0 Å². The van der Waals surface area contributed by atoms with E-state index in [1.54, 1.807) is 0 Å². The first-order chi connectivity index (χ1) is 10.2. The maximum atomic E-state index is 10.3. The fraction of sp³-hybridized carbons (Fsp3) is 0.444. The van der Waals surface area contributed by atoms with Gasteiger partial charge in [-0.2, -0.15) is 0 Å². The number of hydrogen-bond donors (Lipinski definition) is 2. The maximum absolute atomic E-state index is 10.3. The van der Waals surface area contributed by atoms with Gasteiger partial charge in [0.25, 0.3) is 0 Å². The van der Waals surface area contributed by atoms with E-state index in [9.17, 15) is 10.2 Å². The Morgan fingerprint density at radius 2 is 2.05 bits per heavy atom. The molecule has 0 spiro atoms. The first-order valence-electron chi connectivity index (χ1n) is 7.76. The number of rotatable bonds is 0. The van der Waals surface area contributed by atoms with E-state index in [1.807, 2.05) is 6.07 Å². The Hall–Kier alpha value is -1.42. The van der Waals surface area contributed by atoms with Crippen LogP contribution in [0.3, 0.4) is 0 Å². The average Bonchev–Trinajstić information content (AvgIpc) is 3.15. The summed E-state index contributed by atoms with van der Waals surface area (Å²) in [6.07, 6.45) is 1.65. The van der Waals surface area contributed by atoms with Gasteiger partial charge in [0, 0.05) is 0 Å². The number of hydrogen-bond acceptors (Lipinski definition) is 3. The minimum Gasteiger partial charge on any atom is -0.387 e. The van der Waals surface area contributed by atoms with Crippen LogP contribution in [0.1, 0.15) is 46.4 Å². The van der Waals surface area contributed by atoms with Gasteiger partial charge in [0.1, 0.15) is 24.4 Å². The van der Waals surface area contributed by atoms with Crippen molar-refractivity contribution in [1.29, 1.82) is 0 Å². The summed E-state index contributed by atoms with van der Waals surface area (Å²) >= 11 is 0. The molecule has 2 N–H and O–H groups in total. The molecule has 2 aromatic rings. The zero-order valence-electron chi connectivity index (χ0n) is 12.0. The molecule has 4 atom stereocenters. The van der Waals surface area contributed by atoms with Crippen molar-refractivity contribution in [2.45, 2.75) is 50.6 Å². The van der Waals surface area contributed by atoms with Gasteiger partial charge in [0.2, 0.25) is 0 Å². The standard InChI is InChI=1S/C18H18O3/c1-8-7-9-3-2-4-10(9)11-5-6-12-14(13(8)11)17-18(21-17)16(20)15(12)19/h5-7,15-20H,2-4H2,1H3/t15-,16+,17-,18+/m1/s1. The highest BCUT2D eigenvalue weighted by molar-refractivity contribution is 5.94. The van der Waals surface area contributed by atoms with E-state index < -0.39 is 12.2 Å². The number of aliphatic hydroxyl groups excluding tert-OH is 2. The molecular formula is C18H18O3. The molecule has 2 aliphatic carbocycles. The van der Waals surface area contributed by atoms with Crippen LogP contribution < -0.4 is 0 Å². The van der Waals surface area contributed by atoms with Crippen LogP contribution >= 0.6 is 0 Å². The van der Waals surface area contributed by atoms with E-state index >= 15 is 0 Å². The summed E-state index contributed by atoms with van der Waals surface area (Å²) in [4.78, 5) is 0. The van der Waals surface area contributed by atoms with E-state index in [2.05, 4.69) is 19.1 Å². The Kier molecular flexibility index (Phi) is 2.23. The third-order valence-corrected chi connectivity index (χ3v) is 5.44. The van der Waals surface area contributed by atoms with Crippen molar-refractivity contribution in [2.75, 3.05) is 0 Å². The first kappa shape index (κ1) is 12.2. The van der Waals surface area contributed by atoms with E-state index in [0.717, 1.165) is 17.5 Å². The summed E-state index contributed by atoms with van der Waals surface area (Å²) in [6.45, 7) is 2.15. The van der Waals surface area contributed by atoms with Crippen LogP contribution in [0.2, 0.25) is 0 Å². The van der Waals surface area contributed by atoms with Gasteiger partial charge in [-0.3, -0.25) is 0 Å². The zero-order chi connectivity index (χ0) is 14.3. The second-order valence-electron chi connectivity index (χ2n) is 6.63. The highest BCUT2D eigenvalue weighted by Crippen LogP contribution is 2.54. The van der Waals surface area contributed by atoms with Gasteiger partial charge in [0.15, 0.2) is 0 Å². The molecule has 3 nitrogen and oxygen atoms in total. The predicted octanol–water partition coefficient (Wildman–Crippen LogP) is 2.48. The summed E-state index contributed by atoms with van der Waals surface area (Å²) in [5.74, 6) is 0. The second kappa shape index (κ2) is 3.86. The smallest absolute Gasteiger partial charge is 0.118 e. The van der Waals surface area contributed by atoms with Gasteiger partial charge in [0.05, 0.1) is 0 Å². The van der Waals surface area contributed by atoms with Crippen molar-refractivity contribution < 1.29 is 14.9 Å². The molecule has 0 radical (unpaired) electrons. The lowest BCUT2D eigenvalue weighted by molar-refractivity contribution is 0.000103. The van der Waals surface area contributed by atoms with E-state index in [1.165, 1.54) is 40.3 Å². The van der Waals surface area contributed by atoms with Crippen molar-refractivity contribution in [3.05, 3.63) is 46.0 Å². The first-order valence-corrected chi connectivity index (χ1v) is 7.76. The molecule has 1 heterocycles. The normalized spacial score (nSPS) is 32.7. The third kappa shape index (κ3) is 1.44. The average molecular weight is 282 g/mol. The van der Waals surface area contributed by atoms with Crippen molar-refractivity contribution >= 4 is 10.8 Å². The molecule has 2 aromatic carbocycles. The summed E-state index contributed by atoms with van der Waals surface area (Å²) < 4.78 is 5.66. The molecule has 0 bridgehead atoms. The Labute approximate surface area is 123 Å². The summed E-state index contributed by atoms with van der Waals surface area (Å²) in [7, 11) is 0. The van der Waals surface area contributed by atoms with Gasteiger partial charge < -0.3 is 14.9 Å². The fourth-order valence-electron chi connectivity index (χ4n) is 4.42. The van der Waals surface area contributed by atoms with Crippen LogP contribution in [0.15, 0.2) is 18.2 Å².